The first kappa shape index (κ1) is 30.4. The molecule has 4 heterocycles. The summed E-state index contributed by atoms with van der Waals surface area (Å²) in [5.74, 6) is -1.25. The highest BCUT2D eigenvalue weighted by molar-refractivity contribution is 6.07. The fraction of sp³-hybridized carbons (Fsp3) is 0.448. The number of nitrogens with zero attached hydrogens (tertiary/aromatic N) is 5. The molecule has 43 heavy (non-hydrogen) atoms. The van der Waals surface area contributed by atoms with Crippen LogP contribution in [-0.4, -0.2) is 83.8 Å². The van der Waals surface area contributed by atoms with Crippen molar-refractivity contribution in [3.05, 3.63) is 64.1 Å². The van der Waals surface area contributed by atoms with Crippen LogP contribution in [0, 0.1) is 5.82 Å². The standard InChI is InChI=1S/C29H33F4N7O3/c1-16-13-39(6-5-38(16)4)25-9-23(30)20(19-10-35-28(36-11-19)40-14-17(2)43-18(3)15-40)7-24(25)37-27(42)21-12-34-26(41)8-22(21)29(31,32)33/h7-12,16-18H,5-6,13-15H2,1-4H3,(H,34,41)(H,37,42)/t16-,17-,18+/m1/s1. The first-order chi connectivity index (χ1) is 20.3. The molecule has 1 aromatic carbocycles. The van der Waals surface area contributed by atoms with Crippen LogP contribution in [0.5, 0.6) is 0 Å². The summed E-state index contributed by atoms with van der Waals surface area (Å²) in [6.07, 6.45) is -1.31. The van der Waals surface area contributed by atoms with Gasteiger partial charge in [0.2, 0.25) is 11.5 Å². The summed E-state index contributed by atoms with van der Waals surface area (Å²) in [6, 6.07) is 3.08. The molecule has 0 saturated carbocycles. The Morgan fingerprint density at radius 2 is 1.70 bits per heavy atom. The number of pyridine rings is 1. The molecule has 3 atom stereocenters. The second kappa shape index (κ2) is 11.9. The van der Waals surface area contributed by atoms with Crippen LogP contribution < -0.4 is 20.7 Å². The fourth-order valence-electron chi connectivity index (χ4n) is 5.46. The molecule has 10 nitrogen and oxygen atoms in total. The van der Waals surface area contributed by atoms with E-state index < -0.39 is 34.6 Å². The van der Waals surface area contributed by atoms with Gasteiger partial charge in [-0.1, -0.05) is 0 Å². The third-order valence-electron chi connectivity index (χ3n) is 7.76. The van der Waals surface area contributed by atoms with E-state index in [0.717, 1.165) is 6.20 Å². The number of ether oxygens (including phenoxy) is 1. The lowest BCUT2D eigenvalue weighted by molar-refractivity contribution is -0.138. The van der Waals surface area contributed by atoms with Gasteiger partial charge in [0.05, 0.1) is 34.7 Å². The summed E-state index contributed by atoms with van der Waals surface area (Å²) < 4.78 is 62.6. The lowest BCUT2D eigenvalue weighted by atomic mass is 10.0. The van der Waals surface area contributed by atoms with E-state index in [0.29, 0.717) is 56.0 Å². The monoisotopic (exact) mass is 603 g/mol. The Kier molecular flexibility index (Phi) is 8.43. The number of benzene rings is 1. The van der Waals surface area contributed by atoms with Crippen LogP contribution in [-0.2, 0) is 10.9 Å². The number of piperazine rings is 1. The van der Waals surface area contributed by atoms with E-state index in [1.165, 1.54) is 24.5 Å². The lowest BCUT2D eigenvalue weighted by Gasteiger charge is -2.39. The van der Waals surface area contributed by atoms with Gasteiger partial charge in [-0.2, -0.15) is 13.2 Å². The van der Waals surface area contributed by atoms with Gasteiger partial charge in [0.15, 0.2) is 0 Å². The maximum absolute atomic E-state index is 15.7. The topological polar surface area (TPSA) is 107 Å². The number of H-pyrrole nitrogens is 1. The molecule has 2 fully saturated rings. The third kappa shape index (κ3) is 6.64. The molecule has 2 aromatic heterocycles. The SMILES string of the molecule is C[C@@H]1CN(c2ncc(-c3cc(NC(=O)c4c[nH]c(=O)cc4C(F)(F)F)c(N4CCN(C)[C@H](C)C4)cc3F)cn2)C[C@H](C)O1. The van der Waals surface area contributed by atoms with E-state index in [-0.39, 0.29) is 29.5 Å². The smallest absolute Gasteiger partial charge is 0.372 e. The van der Waals surface area contributed by atoms with E-state index >= 15 is 4.39 Å². The number of hydrogen-bond donors (Lipinski definition) is 2. The Balaban J connectivity index is 1.52. The Bertz CT molecular complexity index is 1540. The van der Waals surface area contributed by atoms with Crippen LogP contribution in [0.1, 0.15) is 36.7 Å². The highest BCUT2D eigenvalue weighted by Crippen LogP contribution is 2.37. The number of likely N-dealkylation sites (N-methyl/N-ethyl adjacent to an activating group) is 1. The van der Waals surface area contributed by atoms with E-state index in [2.05, 4.69) is 25.2 Å². The van der Waals surface area contributed by atoms with Crippen LogP contribution in [0.15, 0.2) is 41.6 Å². The molecule has 5 rings (SSSR count). The molecular formula is C29H33F4N7O3. The largest absolute Gasteiger partial charge is 0.417 e. The van der Waals surface area contributed by atoms with E-state index in [1.807, 2.05) is 37.6 Å². The number of aromatic nitrogens is 3. The Morgan fingerprint density at radius 1 is 1.02 bits per heavy atom. The van der Waals surface area contributed by atoms with Crippen LogP contribution in [0.25, 0.3) is 11.1 Å². The highest BCUT2D eigenvalue weighted by Gasteiger charge is 2.36. The van der Waals surface area contributed by atoms with Crippen molar-refractivity contribution >= 4 is 23.2 Å². The van der Waals surface area contributed by atoms with Crippen molar-refractivity contribution in [2.75, 3.05) is 54.9 Å². The number of anilines is 3. The number of alkyl halides is 3. The number of carbonyl (C=O) groups excluding carboxylic acids is 1. The Hall–Kier alpha value is -4.04. The number of aromatic amines is 1. The zero-order valence-electron chi connectivity index (χ0n) is 24.2. The number of hydrogen-bond acceptors (Lipinski definition) is 8. The molecule has 2 aliphatic rings. The minimum Gasteiger partial charge on any atom is -0.372 e. The maximum Gasteiger partial charge on any atom is 0.417 e. The molecule has 0 bridgehead atoms. The predicted molar refractivity (Wildman–Crippen MR) is 154 cm³/mol. The molecule has 2 N–H and O–H groups in total. The summed E-state index contributed by atoms with van der Waals surface area (Å²) in [4.78, 5) is 41.9. The molecule has 0 aliphatic carbocycles. The first-order valence-corrected chi connectivity index (χ1v) is 13.9. The zero-order valence-corrected chi connectivity index (χ0v) is 24.2. The van der Waals surface area contributed by atoms with Gasteiger partial charge >= 0.3 is 6.18 Å². The van der Waals surface area contributed by atoms with Crippen molar-refractivity contribution in [2.45, 2.75) is 45.2 Å². The summed E-state index contributed by atoms with van der Waals surface area (Å²) in [7, 11) is 1.96. The lowest BCUT2D eigenvalue weighted by Crippen LogP contribution is -2.50. The van der Waals surface area contributed by atoms with E-state index in [9.17, 15) is 22.8 Å². The summed E-state index contributed by atoms with van der Waals surface area (Å²) >= 11 is 0. The second-order valence-electron chi connectivity index (χ2n) is 11.1. The summed E-state index contributed by atoms with van der Waals surface area (Å²) in [5.41, 5.74) is -2.32. The van der Waals surface area contributed by atoms with Gasteiger partial charge in [0.1, 0.15) is 5.82 Å². The molecular weight excluding hydrogens is 570 g/mol. The van der Waals surface area contributed by atoms with Crippen molar-refractivity contribution in [2.24, 2.45) is 0 Å². The van der Waals surface area contributed by atoms with Crippen molar-refractivity contribution in [1.82, 2.24) is 19.9 Å². The normalized spacial score (nSPS) is 21.6. The molecule has 230 valence electrons. The maximum atomic E-state index is 15.7. The van der Waals surface area contributed by atoms with Gasteiger partial charge < -0.3 is 29.7 Å². The van der Waals surface area contributed by atoms with Crippen LogP contribution in [0.4, 0.5) is 34.9 Å². The van der Waals surface area contributed by atoms with Gasteiger partial charge in [0, 0.05) is 74.5 Å². The molecule has 2 aliphatic heterocycles. The number of nitrogens with one attached hydrogen (secondary N) is 2. The fourth-order valence-corrected chi connectivity index (χ4v) is 5.46. The van der Waals surface area contributed by atoms with Crippen molar-refractivity contribution in [3.8, 4) is 11.1 Å². The molecule has 0 unspecified atom stereocenters. The summed E-state index contributed by atoms with van der Waals surface area (Å²) in [5, 5.41) is 2.55. The molecule has 0 spiro atoms. The number of halogens is 4. The Morgan fingerprint density at radius 3 is 2.33 bits per heavy atom. The average molecular weight is 604 g/mol. The zero-order chi connectivity index (χ0) is 31.1. The summed E-state index contributed by atoms with van der Waals surface area (Å²) in [6.45, 7) is 8.76. The quantitative estimate of drug-likeness (QED) is 0.422. The third-order valence-corrected chi connectivity index (χ3v) is 7.76. The van der Waals surface area contributed by atoms with Crippen molar-refractivity contribution in [1.29, 1.82) is 0 Å². The van der Waals surface area contributed by atoms with Crippen LogP contribution in [0.3, 0.4) is 0 Å². The minimum atomic E-state index is -4.94. The molecule has 14 heteroatoms. The number of carbonyl (C=O) groups is 1. The van der Waals surface area contributed by atoms with Crippen LogP contribution >= 0.6 is 0 Å². The van der Waals surface area contributed by atoms with Gasteiger partial charge in [0.25, 0.3) is 5.91 Å². The molecule has 3 aromatic rings. The Labute approximate surface area is 245 Å². The molecule has 1 amide bonds. The highest BCUT2D eigenvalue weighted by atomic mass is 19.4. The van der Waals surface area contributed by atoms with Gasteiger partial charge in [-0.15, -0.1) is 0 Å². The van der Waals surface area contributed by atoms with Gasteiger partial charge in [-0.05, 0) is 40.0 Å². The molecule has 2 saturated heterocycles. The van der Waals surface area contributed by atoms with Crippen molar-refractivity contribution in [3.63, 3.8) is 0 Å². The minimum absolute atomic E-state index is 0.0132. The second-order valence-corrected chi connectivity index (χ2v) is 11.1. The van der Waals surface area contributed by atoms with Gasteiger partial charge in [-0.25, -0.2) is 14.4 Å². The number of morpholine rings is 1. The van der Waals surface area contributed by atoms with Crippen LogP contribution in [0.2, 0.25) is 0 Å². The van der Waals surface area contributed by atoms with Crippen molar-refractivity contribution < 1.29 is 27.1 Å². The first-order valence-electron chi connectivity index (χ1n) is 13.9. The van der Waals surface area contributed by atoms with Gasteiger partial charge in [-0.3, -0.25) is 9.59 Å². The number of rotatable bonds is 5. The number of amides is 1. The average Bonchev–Trinajstić information content (AvgIpc) is 2.94. The predicted octanol–water partition coefficient (Wildman–Crippen LogP) is 4.00. The van der Waals surface area contributed by atoms with E-state index in [4.69, 9.17) is 4.74 Å². The molecule has 0 radical (unpaired) electrons. The van der Waals surface area contributed by atoms with E-state index in [1.54, 1.807) is 0 Å².